The van der Waals surface area contributed by atoms with E-state index in [1.54, 1.807) is 6.08 Å². The minimum absolute atomic E-state index is 0.677. The molecule has 0 saturated carbocycles. The molecular formula is C18H36FNO. The Hall–Kier alpha value is -0.410. The van der Waals surface area contributed by atoms with Gasteiger partial charge in [0.15, 0.2) is 0 Å². The van der Waals surface area contributed by atoms with E-state index in [2.05, 4.69) is 6.92 Å². The zero-order valence-corrected chi connectivity index (χ0v) is 13.9. The number of unbranched alkanes of at least 4 members (excludes halogenated alkanes) is 11. The van der Waals surface area contributed by atoms with Gasteiger partial charge in [0.05, 0.1) is 12.1 Å². The quantitative estimate of drug-likeness (QED) is 0.334. The molecule has 0 saturated heterocycles. The topological polar surface area (TPSA) is 46.2 Å². The number of allylic oxidation sites excluding steroid dienone is 1. The maximum Gasteiger partial charge on any atom is 0.107 e. The van der Waals surface area contributed by atoms with E-state index in [0.717, 1.165) is 12.8 Å². The molecule has 21 heavy (non-hydrogen) atoms. The molecular weight excluding hydrogens is 265 g/mol. The highest BCUT2D eigenvalue weighted by Gasteiger charge is 2.09. The lowest BCUT2D eigenvalue weighted by Gasteiger charge is -2.10. The van der Waals surface area contributed by atoms with Crippen LogP contribution in [0.2, 0.25) is 0 Å². The molecule has 0 aliphatic rings. The van der Waals surface area contributed by atoms with Crippen molar-refractivity contribution < 1.29 is 9.50 Å². The van der Waals surface area contributed by atoms with Crippen LogP contribution >= 0.6 is 0 Å². The summed E-state index contributed by atoms with van der Waals surface area (Å²) in [7, 11) is 0. The molecule has 0 aromatic rings. The highest BCUT2D eigenvalue weighted by Crippen LogP contribution is 2.12. The molecule has 0 heterocycles. The average Bonchev–Trinajstić information content (AvgIpc) is 2.50. The molecule has 0 aliphatic carbocycles. The predicted octanol–water partition coefficient (Wildman–Crippen LogP) is 4.90. The molecule has 0 fully saturated rings. The van der Waals surface area contributed by atoms with Gasteiger partial charge in [0.25, 0.3) is 0 Å². The Kier molecular flexibility index (Phi) is 15.7. The molecule has 0 aromatic heterocycles. The monoisotopic (exact) mass is 301 g/mol. The Labute approximate surface area is 131 Å². The summed E-state index contributed by atoms with van der Waals surface area (Å²) in [6.45, 7) is 1.58. The van der Waals surface area contributed by atoms with Crippen LogP contribution in [0.15, 0.2) is 12.2 Å². The Balaban J connectivity index is 3.20. The summed E-state index contributed by atoms with van der Waals surface area (Å²) in [6.07, 6.45) is 18.4. The fraction of sp³-hybridized carbons (Fsp3) is 0.889. The van der Waals surface area contributed by atoms with Crippen molar-refractivity contribution in [2.75, 3.05) is 6.67 Å². The van der Waals surface area contributed by atoms with Gasteiger partial charge in [-0.2, -0.15) is 0 Å². The number of aliphatic hydroxyl groups is 1. The zero-order chi connectivity index (χ0) is 15.8. The third-order valence-corrected chi connectivity index (χ3v) is 3.92. The fourth-order valence-corrected chi connectivity index (χ4v) is 2.40. The van der Waals surface area contributed by atoms with Crippen LogP contribution < -0.4 is 5.73 Å². The molecule has 2 unspecified atom stereocenters. The molecule has 0 amide bonds. The van der Waals surface area contributed by atoms with E-state index in [0.29, 0.717) is 0 Å². The number of hydrogen-bond donors (Lipinski definition) is 2. The van der Waals surface area contributed by atoms with Crippen molar-refractivity contribution in [3.63, 3.8) is 0 Å². The first-order valence-electron chi connectivity index (χ1n) is 8.88. The lowest BCUT2D eigenvalue weighted by Crippen LogP contribution is -2.35. The van der Waals surface area contributed by atoms with E-state index >= 15 is 0 Å². The van der Waals surface area contributed by atoms with E-state index in [1.165, 1.54) is 64.2 Å². The van der Waals surface area contributed by atoms with Crippen molar-refractivity contribution in [3.05, 3.63) is 12.2 Å². The smallest absolute Gasteiger partial charge is 0.107 e. The van der Waals surface area contributed by atoms with Crippen molar-refractivity contribution in [3.8, 4) is 0 Å². The van der Waals surface area contributed by atoms with Gasteiger partial charge in [-0.3, -0.25) is 0 Å². The second-order valence-corrected chi connectivity index (χ2v) is 6.06. The maximum atomic E-state index is 12.2. The lowest BCUT2D eigenvalue weighted by molar-refractivity contribution is 0.174. The van der Waals surface area contributed by atoms with Gasteiger partial charge in [-0.05, 0) is 12.8 Å². The van der Waals surface area contributed by atoms with Crippen LogP contribution in [-0.2, 0) is 0 Å². The Morgan fingerprint density at radius 3 is 1.86 bits per heavy atom. The van der Waals surface area contributed by atoms with Crippen LogP contribution in [0.1, 0.15) is 84.0 Å². The van der Waals surface area contributed by atoms with Crippen molar-refractivity contribution >= 4 is 0 Å². The van der Waals surface area contributed by atoms with Crippen molar-refractivity contribution in [2.45, 2.75) is 96.1 Å². The SMILES string of the molecule is CCCCCCCCCCCCCC=CC(O)C(N)CF. The molecule has 3 N–H and O–H groups in total. The van der Waals surface area contributed by atoms with E-state index in [-0.39, 0.29) is 0 Å². The summed E-state index contributed by atoms with van der Waals surface area (Å²) in [5.41, 5.74) is 5.39. The van der Waals surface area contributed by atoms with Gasteiger partial charge in [0.2, 0.25) is 0 Å². The second-order valence-electron chi connectivity index (χ2n) is 6.06. The summed E-state index contributed by atoms with van der Waals surface area (Å²) in [6, 6.07) is -0.779. The van der Waals surface area contributed by atoms with Crippen LogP contribution in [0.4, 0.5) is 4.39 Å². The second kappa shape index (κ2) is 16.0. The van der Waals surface area contributed by atoms with Gasteiger partial charge in [0.1, 0.15) is 6.67 Å². The van der Waals surface area contributed by atoms with Gasteiger partial charge in [-0.25, -0.2) is 4.39 Å². The van der Waals surface area contributed by atoms with E-state index in [9.17, 15) is 9.50 Å². The van der Waals surface area contributed by atoms with Gasteiger partial charge >= 0.3 is 0 Å². The molecule has 126 valence electrons. The van der Waals surface area contributed by atoms with Crippen LogP contribution in [0.25, 0.3) is 0 Å². The van der Waals surface area contributed by atoms with Crippen molar-refractivity contribution in [1.29, 1.82) is 0 Å². The standard InChI is InChI=1S/C18H36FNO/c1-2-3-4-5-6-7-8-9-10-11-12-13-14-15-18(21)17(20)16-19/h14-15,17-18,21H,2-13,16,20H2,1H3. The fourth-order valence-electron chi connectivity index (χ4n) is 2.40. The molecule has 0 bridgehead atoms. The first kappa shape index (κ1) is 20.6. The molecule has 0 rings (SSSR count). The predicted molar refractivity (Wildman–Crippen MR) is 90.2 cm³/mol. The molecule has 0 aromatic carbocycles. The normalized spacial score (nSPS) is 14.7. The number of halogens is 1. The van der Waals surface area contributed by atoms with Gasteiger partial charge in [0, 0.05) is 0 Å². The Bertz CT molecular complexity index is 233. The first-order chi connectivity index (χ1) is 10.2. The maximum absolute atomic E-state index is 12.2. The molecule has 3 heteroatoms. The van der Waals surface area contributed by atoms with Crippen LogP contribution in [0.3, 0.4) is 0 Å². The summed E-state index contributed by atoms with van der Waals surface area (Å²) >= 11 is 0. The molecule has 0 radical (unpaired) electrons. The lowest BCUT2D eigenvalue weighted by atomic mass is 10.0. The molecule has 2 nitrogen and oxygen atoms in total. The third-order valence-electron chi connectivity index (χ3n) is 3.92. The summed E-state index contributed by atoms with van der Waals surface area (Å²) < 4.78 is 12.2. The van der Waals surface area contributed by atoms with E-state index in [1.807, 2.05) is 6.08 Å². The minimum Gasteiger partial charge on any atom is -0.387 e. The zero-order valence-electron chi connectivity index (χ0n) is 13.9. The van der Waals surface area contributed by atoms with E-state index in [4.69, 9.17) is 5.73 Å². The van der Waals surface area contributed by atoms with E-state index < -0.39 is 18.8 Å². The van der Waals surface area contributed by atoms with Crippen LogP contribution in [0.5, 0.6) is 0 Å². The van der Waals surface area contributed by atoms with Gasteiger partial charge < -0.3 is 10.8 Å². The third kappa shape index (κ3) is 14.3. The minimum atomic E-state index is -0.845. The van der Waals surface area contributed by atoms with Crippen LogP contribution in [-0.4, -0.2) is 23.9 Å². The van der Waals surface area contributed by atoms with Crippen molar-refractivity contribution in [1.82, 2.24) is 0 Å². The number of rotatable bonds is 15. The molecule has 0 spiro atoms. The van der Waals surface area contributed by atoms with Crippen LogP contribution in [0, 0.1) is 0 Å². The summed E-state index contributed by atoms with van der Waals surface area (Å²) in [4.78, 5) is 0. The summed E-state index contributed by atoms with van der Waals surface area (Å²) in [5, 5.41) is 9.44. The van der Waals surface area contributed by atoms with Gasteiger partial charge in [-0.15, -0.1) is 0 Å². The highest BCUT2D eigenvalue weighted by molar-refractivity contribution is 4.93. The molecule has 2 atom stereocenters. The van der Waals surface area contributed by atoms with Gasteiger partial charge in [-0.1, -0.05) is 83.3 Å². The Morgan fingerprint density at radius 2 is 1.38 bits per heavy atom. The average molecular weight is 301 g/mol. The molecule has 0 aliphatic heterocycles. The highest BCUT2D eigenvalue weighted by atomic mass is 19.1. The summed E-state index contributed by atoms with van der Waals surface area (Å²) in [5.74, 6) is 0. The number of alkyl halides is 1. The van der Waals surface area contributed by atoms with Crippen molar-refractivity contribution in [2.24, 2.45) is 5.73 Å². The Morgan fingerprint density at radius 1 is 0.905 bits per heavy atom. The largest absolute Gasteiger partial charge is 0.387 e. The number of aliphatic hydroxyl groups excluding tert-OH is 1. The number of nitrogens with two attached hydrogens (primary N) is 1. The number of hydrogen-bond acceptors (Lipinski definition) is 2. The first-order valence-corrected chi connectivity index (χ1v) is 8.88.